The van der Waals surface area contributed by atoms with Gasteiger partial charge in [0.1, 0.15) is 5.76 Å². The van der Waals surface area contributed by atoms with Crippen LogP contribution in [-0.4, -0.2) is 36.9 Å². The molecule has 0 unspecified atom stereocenters. The lowest BCUT2D eigenvalue weighted by atomic mass is 9.62. The number of hydrogen-bond donors (Lipinski definition) is 0. The molecule has 1 aliphatic heterocycles. The van der Waals surface area contributed by atoms with Crippen molar-refractivity contribution >= 4 is 11.8 Å². The summed E-state index contributed by atoms with van der Waals surface area (Å²) < 4.78 is 16.5. The minimum atomic E-state index is -1.89. The van der Waals surface area contributed by atoms with Gasteiger partial charge in [0.2, 0.25) is 12.3 Å². The molecule has 0 amide bonds. The maximum Gasteiger partial charge on any atom is 0.321 e. The molecule has 1 aromatic heterocycles. The van der Waals surface area contributed by atoms with Gasteiger partial charge in [-0.05, 0) is 36.1 Å². The lowest BCUT2D eigenvalue weighted by molar-refractivity contribution is -0.485. The van der Waals surface area contributed by atoms with Crippen molar-refractivity contribution < 1.29 is 28.4 Å². The quantitative estimate of drug-likeness (QED) is 0.311. The van der Waals surface area contributed by atoms with Crippen molar-refractivity contribution in [2.45, 2.75) is 24.7 Å². The van der Waals surface area contributed by atoms with E-state index in [0.29, 0.717) is 36.3 Å². The first-order chi connectivity index (χ1) is 14.5. The Morgan fingerprint density at radius 2 is 2.07 bits per heavy atom. The van der Waals surface area contributed by atoms with Crippen LogP contribution in [0.15, 0.2) is 64.5 Å². The smallest absolute Gasteiger partial charge is 0.321 e. The molecule has 2 heterocycles. The molecule has 4 rings (SSSR count). The van der Waals surface area contributed by atoms with Crippen LogP contribution in [0, 0.1) is 15.5 Å². The van der Waals surface area contributed by atoms with Crippen molar-refractivity contribution in [2.24, 2.45) is 5.41 Å². The highest BCUT2D eigenvalue weighted by molar-refractivity contribution is 6.16. The number of esters is 1. The first-order valence-corrected chi connectivity index (χ1v) is 9.71. The Morgan fingerprint density at radius 3 is 2.70 bits per heavy atom. The van der Waals surface area contributed by atoms with E-state index in [0.717, 1.165) is 0 Å². The van der Waals surface area contributed by atoms with Gasteiger partial charge in [-0.2, -0.15) is 0 Å². The van der Waals surface area contributed by atoms with Gasteiger partial charge in [-0.3, -0.25) is 19.7 Å². The summed E-state index contributed by atoms with van der Waals surface area (Å²) in [5.74, 6) is -2.83. The molecule has 1 aromatic carbocycles. The zero-order valence-corrected chi connectivity index (χ0v) is 16.4. The Kier molecular flexibility index (Phi) is 5.15. The second kappa shape index (κ2) is 7.78. The molecule has 30 heavy (non-hydrogen) atoms. The van der Waals surface area contributed by atoms with Gasteiger partial charge >= 0.3 is 5.97 Å². The summed E-state index contributed by atoms with van der Waals surface area (Å²) in [7, 11) is 1.18. The van der Waals surface area contributed by atoms with Crippen LogP contribution in [0.3, 0.4) is 0 Å². The SMILES string of the molecule is COC(=O)[C@]1([C@@H](C[N+](=O)[O-])c2ccccc2)C(=O)C2=C(CCCO2)[C@H]1c1ccco1. The molecule has 0 fully saturated rings. The zero-order valence-electron chi connectivity index (χ0n) is 16.4. The molecular weight excluding hydrogens is 390 g/mol. The fourth-order valence-electron chi connectivity index (χ4n) is 4.80. The number of benzene rings is 1. The van der Waals surface area contributed by atoms with E-state index in [4.69, 9.17) is 13.9 Å². The Balaban J connectivity index is 2.01. The molecule has 8 nitrogen and oxygen atoms in total. The fourth-order valence-corrected chi connectivity index (χ4v) is 4.80. The van der Waals surface area contributed by atoms with E-state index >= 15 is 0 Å². The number of rotatable bonds is 6. The highest BCUT2D eigenvalue weighted by Gasteiger charge is 2.68. The van der Waals surface area contributed by atoms with Crippen molar-refractivity contribution in [1.29, 1.82) is 0 Å². The van der Waals surface area contributed by atoms with Gasteiger partial charge in [0, 0.05) is 4.92 Å². The molecule has 0 bridgehead atoms. The molecule has 0 saturated heterocycles. The number of ketones is 1. The summed E-state index contributed by atoms with van der Waals surface area (Å²) in [6.07, 6.45) is 2.66. The number of Topliss-reactive ketones (excluding diaryl/α,β-unsaturated/α-hetero) is 1. The van der Waals surface area contributed by atoms with E-state index in [-0.39, 0.29) is 5.76 Å². The van der Waals surface area contributed by atoms with E-state index in [1.807, 2.05) is 0 Å². The van der Waals surface area contributed by atoms with Crippen molar-refractivity contribution in [3.63, 3.8) is 0 Å². The molecule has 0 spiro atoms. The summed E-state index contributed by atoms with van der Waals surface area (Å²) in [5.41, 5.74) is -0.754. The number of hydrogen-bond acceptors (Lipinski definition) is 7. The van der Waals surface area contributed by atoms with E-state index in [1.165, 1.54) is 13.4 Å². The first-order valence-electron chi connectivity index (χ1n) is 9.71. The number of furan rings is 1. The standard InChI is InChI=1S/C22H21NO7/c1-28-21(25)22(16(13-23(26)27)14-7-3-2-4-8-14)18(17-10-6-11-29-17)15-9-5-12-30-19(15)20(22)24/h2-4,6-8,10-11,16,18H,5,9,12-13H2,1H3/t16-,18-,22-/m0/s1. The van der Waals surface area contributed by atoms with Crippen LogP contribution in [0.2, 0.25) is 0 Å². The van der Waals surface area contributed by atoms with Crippen LogP contribution in [-0.2, 0) is 19.1 Å². The van der Waals surface area contributed by atoms with Gasteiger partial charge < -0.3 is 13.9 Å². The molecule has 0 radical (unpaired) electrons. The predicted molar refractivity (Wildman–Crippen MR) is 104 cm³/mol. The van der Waals surface area contributed by atoms with Crippen LogP contribution < -0.4 is 0 Å². The normalized spacial score (nSPS) is 24.2. The van der Waals surface area contributed by atoms with Crippen molar-refractivity contribution in [3.8, 4) is 0 Å². The van der Waals surface area contributed by atoms with Crippen LogP contribution in [0.25, 0.3) is 0 Å². The Morgan fingerprint density at radius 1 is 1.30 bits per heavy atom. The summed E-state index contributed by atoms with van der Waals surface area (Å²) >= 11 is 0. The molecule has 1 aliphatic carbocycles. The van der Waals surface area contributed by atoms with E-state index in [1.54, 1.807) is 42.5 Å². The van der Waals surface area contributed by atoms with Crippen molar-refractivity contribution in [1.82, 2.24) is 0 Å². The maximum absolute atomic E-state index is 13.8. The summed E-state index contributed by atoms with van der Waals surface area (Å²) in [5, 5.41) is 11.7. The second-order valence-corrected chi connectivity index (χ2v) is 7.42. The number of methoxy groups -OCH3 is 1. The lowest BCUT2D eigenvalue weighted by Gasteiger charge is -2.36. The van der Waals surface area contributed by atoms with Gasteiger partial charge in [-0.1, -0.05) is 30.3 Å². The van der Waals surface area contributed by atoms with Gasteiger partial charge in [-0.15, -0.1) is 0 Å². The average molecular weight is 411 g/mol. The lowest BCUT2D eigenvalue weighted by Crippen LogP contribution is -2.49. The van der Waals surface area contributed by atoms with Crippen LogP contribution >= 0.6 is 0 Å². The summed E-state index contributed by atoms with van der Waals surface area (Å²) in [4.78, 5) is 38.4. The summed E-state index contributed by atoms with van der Waals surface area (Å²) in [6.45, 7) is -0.277. The molecule has 156 valence electrons. The van der Waals surface area contributed by atoms with Crippen LogP contribution in [0.4, 0.5) is 0 Å². The highest BCUT2D eigenvalue weighted by Crippen LogP contribution is 2.59. The summed E-state index contributed by atoms with van der Waals surface area (Å²) in [6, 6.07) is 11.9. The highest BCUT2D eigenvalue weighted by atomic mass is 16.6. The third kappa shape index (κ3) is 2.91. The van der Waals surface area contributed by atoms with Crippen molar-refractivity contribution in [2.75, 3.05) is 20.3 Å². The van der Waals surface area contributed by atoms with E-state index in [2.05, 4.69) is 0 Å². The third-order valence-corrected chi connectivity index (χ3v) is 5.95. The van der Waals surface area contributed by atoms with Gasteiger partial charge in [0.05, 0.1) is 31.8 Å². The Hall–Kier alpha value is -3.42. The van der Waals surface area contributed by atoms with Gasteiger partial charge in [-0.25, -0.2) is 0 Å². The minimum absolute atomic E-state index is 0.109. The fraction of sp³-hybridized carbons (Fsp3) is 0.364. The molecule has 2 aromatic rings. The number of allylic oxidation sites excluding steroid dienone is 2. The third-order valence-electron chi connectivity index (χ3n) is 5.95. The minimum Gasteiger partial charge on any atom is -0.490 e. The monoisotopic (exact) mass is 411 g/mol. The number of nitrogens with zero attached hydrogens (tertiary/aromatic N) is 1. The maximum atomic E-state index is 13.8. The first kappa shape index (κ1) is 19.9. The van der Waals surface area contributed by atoms with Crippen LogP contribution in [0.1, 0.15) is 36.0 Å². The number of carbonyl (C=O) groups excluding carboxylic acids is 2. The van der Waals surface area contributed by atoms with Crippen molar-refractivity contribution in [3.05, 3.63) is 81.5 Å². The molecule has 3 atom stereocenters. The zero-order chi connectivity index (χ0) is 21.3. The number of nitro groups is 1. The predicted octanol–water partition coefficient (Wildman–Crippen LogP) is 3.23. The Labute approximate surface area is 172 Å². The molecular formula is C22H21NO7. The average Bonchev–Trinajstić information content (AvgIpc) is 3.37. The second-order valence-electron chi connectivity index (χ2n) is 7.42. The molecule has 8 heteroatoms. The number of ether oxygens (including phenoxy) is 2. The largest absolute Gasteiger partial charge is 0.490 e. The topological polar surface area (TPSA) is 109 Å². The van der Waals surface area contributed by atoms with Crippen LogP contribution in [0.5, 0.6) is 0 Å². The molecule has 0 N–H and O–H groups in total. The van der Waals surface area contributed by atoms with Gasteiger partial charge in [0.25, 0.3) is 0 Å². The van der Waals surface area contributed by atoms with Gasteiger partial charge in [0.15, 0.2) is 11.2 Å². The molecule has 2 aliphatic rings. The van der Waals surface area contributed by atoms with E-state index < -0.39 is 40.5 Å². The number of carbonyl (C=O) groups is 2. The Bertz CT molecular complexity index is 996. The molecule has 0 saturated carbocycles. The van der Waals surface area contributed by atoms with E-state index in [9.17, 15) is 19.7 Å².